The number of allylic oxidation sites excluding steroid dienone is 1. The molecule has 1 heterocycles. The molecule has 0 aliphatic heterocycles. The summed E-state index contributed by atoms with van der Waals surface area (Å²) in [5, 5.41) is 16.6. The van der Waals surface area contributed by atoms with Crippen molar-refractivity contribution in [2.45, 2.75) is 45.6 Å². The number of hydrogen-bond donors (Lipinski definition) is 2. The normalized spacial score (nSPS) is 17.1. The fourth-order valence-corrected chi connectivity index (χ4v) is 4.85. The SMILES string of the molecule is CCn1c2c(c3ccc(NC(=O)c4cc5c(cc4O)=CCCC=5)cc31)C(C)CC=C2. The third kappa shape index (κ3) is 2.95. The number of rotatable bonds is 3. The lowest BCUT2D eigenvalue weighted by Gasteiger charge is -2.15. The molecule has 0 radical (unpaired) electrons. The van der Waals surface area contributed by atoms with Crippen LogP contribution < -0.4 is 15.8 Å². The Kier molecular flexibility index (Phi) is 4.50. The van der Waals surface area contributed by atoms with Crippen LogP contribution in [0.1, 0.15) is 60.6 Å². The van der Waals surface area contributed by atoms with Gasteiger partial charge in [0.2, 0.25) is 0 Å². The number of anilines is 1. The van der Waals surface area contributed by atoms with Crippen LogP contribution in [-0.2, 0) is 6.54 Å². The van der Waals surface area contributed by atoms with Gasteiger partial charge in [-0.15, -0.1) is 0 Å². The summed E-state index contributed by atoms with van der Waals surface area (Å²) in [6.45, 7) is 5.29. The van der Waals surface area contributed by atoms with Gasteiger partial charge in [-0.2, -0.15) is 0 Å². The molecular formula is C26H26N2O2. The van der Waals surface area contributed by atoms with Crippen LogP contribution in [0, 0.1) is 0 Å². The first-order valence-electron chi connectivity index (χ1n) is 10.7. The topological polar surface area (TPSA) is 54.3 Å². The molecule has 5 rings (SSSR count). The summed E-state index contributed by atoms with van der Waals surface area (Å²) in [5.74, 6) is 0.215. The van der Waals surface area contributed by atoms with Crippen molar-refractivity contribution in [1.29, 1.82) is 0 Å². The number of nitrogens with one attached hydrogen (secondary N) is 1. The fourth-order valence-electron chi connectivity index (χ4n) is 4.85. The number of fused-ring (bicyclic) bond motifs is 4. The highest BCUT2D eigenvalue weighted by Crippen LogP contribution is 2.38. The molecule has 2 aliphatic rings. The molecule has 0 fully saturated rings. The van der Waals surface area contributed by atoms with Crippen LogP contribution in [0.15, 0.2) is 36.4 Å². The Hall–Kier alpha value is -3.27. The van der Waals surface area contributed by atoms with Crippen molar-refractivity contribution in [3.8, 4) is 5.75 Å². The molecule has 2 aliphatic carbocycles. The molecule has 152 valence electrons. The van der Waals surface area contributed by atoms with E-state index in [0.29, 0.717) is 11.5 Å². The smallest absolute Gasteiger partial charge is 0.259 e. The van der Waals surface area contributed by atoms with Gasteiger partial charge in [0.1, 0.15) is 5.75 Å². The van der Waals surface area contributed by atoms with E-state index in [-0.39, 0.29) is 11.7 Å². The summed E-state index contributed by atoms with van der Waals surface area (Å²) in [5.41, 5.74) is 4.85. The second-order valence-corrected chi connectivity index (χ2v) is 8.25. The van der Waals surface area contributed by atoms with Gasteiger partial charge in [0, 0.05) is 23.3 Å². The molecule has 2 aromatic carbocycles. The highest BCUT2D eigenvalue weighted by atomic mass is 16.3. The van der Waals surface area contributed by atoms with Crippen molar-refractivity contribution < 1.29 is 9.90 Å². The third-order valence-electron chi connectivity index (χ3n) is 6.32. The number of hydrogen-bond acceptors (Lipinski definition) is 2. The van der Waals surface area contributed by atoms with Gasteiger partial charge >= 0.3 is 0 Å². The van der Waals surface area contributed by atoms with Crippen LogP contribution >= 0.6 is 0 Å². The van der Waals surface area contributed by atoms with Crippen LogP contribution in [-0.4, -0.2) is 15.6 Å². The van der Waals surface area contributed by atoms with E-state index in [1.165, 1.54) is 16.6 Å². The minimum Gasteiger partial charge on any atom is -0.507 e. The zero-order valence-electron chi connectivity index (χ0n) is 17.4. The quantitative estimate of drug-likeness (QED) is 0.683. The number of benzene rings is 2. The monoisotopic (exact) mass is 398 g/mol. The van der Waals surface area contributed by atoms with Gasteiger partial charge < -0.3 is 15.0 Å². The number of amides is 1. The Balaban J connectivity index is 1.54. The van der Waals surface area contributed by atoms with Crippen LogP contribution in [0.25, 0.3) is 29.1 Å². The lowest BCUT2D eigenvalue weighted by Crippen LogP contribution is -2.28. The molecule has 1 aromatic heterocycles. The number of aromatic nitrogens is 1. The van der Waals surface area contributed by atoms with Gasteiger partial charge in [0.05, 0.1) is 11.1 Å². The molecule has 1 amide bonds. The first kappa shape index (κ1) is 18.7. The van der Waals surface area contributed by atoms with Crippen molar-refractivity contribution in [2.75, 3.05) is 5.32 Å². The number of aromatic hydroxyl groups is 1. The largest absolute Gasteiger partial charge is 0.507 e. The summed E-state index contributed by atoms with van der Waals surface area (Å²) < 4.78 is 2.31. The van der Waals surface area contributed by atoms with E-state index in [0.717, 1.165) is 47.4 Å². The van der Waals surface area contributed by atoms with Crippen LogP contribution in [0.2, 0.25) is 0 Å². The van der Waals surface area contributed by atoms with Crippen LogP contribution in [0.5, 0.6) is 5.75 Å². The molecular weight excluding hydrogens is 372 g/mol. The zero-order valence-corrected chi connectivity index (χ0v) is 17.4. The lowest BCUT2D eigenvalue weighted by atomic mass is 9.91. The molecule has 0 bridgehead atoms. The Morgan fingerprint density at radius 2 is 1.93 bits per heavy atom. The Morgan fingerprint density at radius 1 is 1.17 bits per heavy atom. The number of phenols is 1. The van der Waals surface area contributed by atoms with Gasteiger partial charge in [0.15, 0.2) is 0 Å². The molecule has 1 atom stereocenters. The van der Waals surface area contributed by atoms with Crippen molar-refractivity contribution in [2.24, 2.45) is 0 Å². The minimum atomic E-state index is -0.291. The highest BCUT2D eigenvalue weighted by Gasteiger charge is 2.22. The number of aryl methyl sites for hydroxylation is 1. The van der Waals surface area contributed by atoms with E-state index in [1.807, 2.05) is 12.1 Å². The summed E-state index contributed by atoms with van der Waals surface area (Å²) >= 11 is 0. The maximum atomic E-state index is 12.9. The number of carbonyl (C=O) groups excluding carboxylic acids is 1. The van der Waals surface area contributed by atoms with Gasteiger partial charge in [0.25, 0.3) is 5.91 Å². The molecule has 4 heteroatoms. The summed E-state index contributed by atoms with van der Waals surface area (Å²) in [6.07, 6.45) is 11.7. The molecule has 1 unspecified atom stereocenters. The predicted molar refractivity (Wildman–Crippen MR) is 123 cm³/mol. The number of carbonyl (C=O) groups is 1. The fraction of sp³-hybridized carbons (Fsp3) is 0.269. The first-order valence-corrected chi connectivity index (χ1v) is 10.7. The van der Waals surface area contributed by atoms with E-state index >= 15 is 0 Å². The standard InChI is InChI=1S/C26H26N2O2/c1-3-28-22-10-6-7-16(2)25(22)20-12-11-19(15-23(20)28)27-26(30)21-13-17-8-4-5-9-18(17)14-24(21)29/h6,8-16,29H,3-5,7H2,1-2H3,(H,27,30). The molecule has 0 spiro atoms. The van der Waals surface area contributed by atoms with E-state index < -0.39 is 0 Å². The number of phenolic OH excluding ortho intramolecular Hbond substituents is 1. The molecule has 4 nitrogen and oxygen atoms in total. The summed E-state index contributed by atoms with van der Waals surface area (Å²) in [7, 11) is 0. The van der Waals surface area contributed by atoms with Crippen LogP contribution in [0.3, 0.4) is 0 Å². The average molecular weight is 399 g/mol. The maximum absolute atomic E-state index is 12.9. The van der Waals surface area contributed by atoms with E-state index in [1.54, 1.807) is 12.1 Å². The highest BCUT2D eigenvalue weighted by molar-refractivity contribution is 6.07. The van der Waals surface area contributed by atoms with E-state index in [4.69, 9.17) is 0 Å². The predicted octanol–water partition coefficient (Wildman–Crippen LogP) is 4.49. The zero-order chi connectivity index (χ0) is 20.8. The molecule has 3 aromatic rings. The first-order chi connectivity index (χ1) is 14.6. The van der Waals surface area contributed by atoms with Crippen molar-refractivity contribution >= 4 is 40.7 Å². The van der Waals surface area contributed by atoms with Crippen molar-refractivity contribution in [3.63, 3.8) is 0 Å². The van der Waals surface area contributed by atoms with E-state index in [2.05, 4.69) is 54.1 Å². The Labute approximate surface area is 175 Å². The molecule has 30 heavy (non-hydrogen) atoms. The van der Waals surface area contributed by atoms with Crippen LogP contribution in [0.4, 0.5) is 5.69 Å². The second-order valence-electron chi connectivity index (χ2n) is 8.25. The van der Waals surface area contributed by atoms with Gasteiger partial charge in [-0.25, -0.2) is 0 Å². The molecule has 0 saturated carbocycles. The second kappa shape index (κ2) is 7.21. The molecule has 2 N–H and O–H groups in total. The van der Waals surface area contributed by atoms with Gasteiger partial charge in [-0.05, 0) is 78.4 Å². The van der Waals surface area contributed by atoms with E-state index in [9.17, 15) is 9.90 Å². The Bertz CT molecular complexity index is 1330. The summed E-state index contributed by atoms with van der Waals surface area (Å²) in [6, 6.07) is 9.59. The Morgan fingerprint density at radius 3 is 2.70 bits per heavy atom. The molecule has 0 saturated heterocycles. The third-order valence-corrected chi connectivity index (χ3v) is 6.32. The minimum absolute atomic E-state index is 0.0187. The van der Waals surface area contributed by atoms with Crippen molar-refractivity contribution in [1.82, 2.24) is 4.57 Å². The van der Waals surface area contributed by atoms with Crippen molar-refractivity contribution in [3.05, 3.63) is 63.7 Å². The maximum Gasteiger partial charge on any atom is 0.259 e. The number of nitrogens with zero attached hydrogens (tertiary/aromatic N) is 1. The van der Waals surface area contributed by atoms with Gasteiger partial charge in [-0.3, -0.25) is 4.79 Å². The van der Waals surface area contributed by atoms with Gasteiger partial charge in [-0.1, -0.05) is 31.2 Å². The summed E-state index contributed by atoms with van der Waals surface area (Å²) in [4.78, 5) is 12.9. The average Bonchev–Trinajstić information content (AvgIpc) is 3.07. The lowest BCUT2D eigenvalue weighted by molar-refractivity contribution is 0.102.